The zero-order valence-corrected chi connectivity index (χ0v) is 16.7. The van der Waals surface area contributed by atoms with E-state index in [1.54, 1.807) is 19.2 Å². The molecule has 1 rings (SSSR count). The van der Waals surface area contributed by atoms with Gasteiger partial charge in [-0.3, -0.25) is 9.47 Å². The highest BCUT2D eigenvalue weighted by atomic mass is 17.0. The Balaban J connectivity index is 0.000000546. The molecular weight excluding hydrogens is 376 g/mol. The second kappa shape index (κ2) is 14.3. The summed E-state index contributed by atoms with van der Waals surface area (Å²) in [5.41, 5.74) is 0. The Bertz CT molecular complexity index is 425. The van der Waals surface area contributed by atoms with Crippen LogP contribution in [0.1, 0.15) is 13.3 Å². The van der Waals surface area contributed by atoms with Gasteiger partial charge in [0.15, 0.2) is 0 Å². The Morgan fingerprint density at radius 1 is 1.18 bits per heavy atom. The first-order valence-corrected chi connectivity index (χ1v) is 9.17. The lowest BCUT2D eigenvalue weighted by molar-refractivity contribution is -0.439. The molecular formula is C17H36N2O9. The van der Waals surface area contributed by atoms with E-state index in [9.17, 15) is 15.3 Å². The molecule has 0 aromatic heterocycles. The molecule has 11 nitrogen and oxygen atoms in total. The second-order valence-electron chi connectivity index (χ2n) is 6.45. The largest absolute Gasteiger partial charge is 0.408 e. The predicted octanol–water partition coefficient (Wildman–Crippen LogP) is -3.46. The summed E-state index contributed by atoms with van der Waals surface area (Å²) in [5, 5.41) is 66.2. The molecule has 0 spiro atoms. The molecule has 0 bridgehead atoms. The number of ether oxygens (including phenoxy) is 2. The minimum atomic E-state index is -2.79. The zero-order valence-electron chi connectivity index (χ0n) is 16.7. The summed E-state index contributed by atoms with van der Waals surface area (Å²) in [6, 6.07) is 0. The Kier molecular flexibility index (Phi) is 14.0. The van der Waals surface area contributed by atoms with Crippen molar-refractivity contribution in [1.82, 2.24) is 10.2 Å². The number of hydrogen-bond donors (Lipinski definition) is 8. The Morgan fingerprint density at radius 2 is 1.82 bits per heavy atom. The van der Waals surface area contributed by atoms with Crippen LogP contribution in [0.15, 0.2) is 12.2 Å². The first-order valence-electron chi connectivity index (χ1n) is 9.17. The minimum absolute atomic E-state index is 0.146. The van der Waals surface area contributed by atoms with Gasteiger partial charge in [0.1, 0.15) is 24.4 Å². The Hall–Kier alpha value is -0.700. The van der Waals surface area contributed by atoms with E-state index in [0.717, 1.165) is 6.54 Å². The summed E-state index contributed by atoms with van der Waals surface area (Å²) >= 11 is 0. The van der Waals surface area contributed by atoms with Gasteiger partial charge in [-0.1, -0.05) is 19.1 Å². The number of rotatable bonds is 11. The first-order chi connectivity index (χ1) is 13.1. The van der Waals surface area contributed by atoms with Crippen molar-refractivity contribution in [2.75, 3.05) is 46.9 Å². The average molecular weight is 412 g/mol. The molecule has 168 valence electrons. The van der Waals surface area contributed by atoms with E-state index < -0.39 is 43.3 Å². The first kappa shape index (κ1) is 27.3. The van der Waals surface area contributed by atoms with Crippen molar-refractivity contribution in [1.29, 1.82) is 0 Å². The molecule has 0 saturated carbocycles. The summed E-state index contributed by atoms with van der Waals surface area (Å²) in [4.78, 5) is 2.04. The van der Waals surface area contributed by atoms with Gasteiger partial charge >= 0.3 is 6.16 Å². The van der Waals surface area contributed by atoms with Gasteiger partial charge in [0.05, 0.1) is 12.7 Å². The predicted molar refractivity (Wildman–Crippen MR) is 100.0 cm³/mol. The Labute approximate surface area is 165 Å². The number of nitrogens with zero attached hydrogens (tertiary/aromatic N) is 1. The topological polar surface area (TPSA) is 175 Å². The lowest BCUT2D eigenvalue weighted by Gasteiger charge is -2.24. The van der Waals surface area contributed by atoms with Crippen LogP contribution < -0.4 is 5.32 Å². The zero-order chi connectivity index (χ0) is 21.7. The summed E-state index contributed by atoms with van der Waals surface area (Å²) in [6.07, 6.45) is -3.99. The number of aliphatic hydroxyl groups is 7. The fourth-order valence-electron chi connectivity index (χ4n) is 2.36. The highest BCUT2D eigenvalue weighted by molar-refractivity contribution is 4.89. The SMILES string of the molecule is CCN(C)CC(O)/C=C/CCO.CNCC1OC(O)(O)OC1C(O)C(O)CO. The molecule has 11 heteroatoms. The summed E-state index contributed by atoms with van der Waals surface area (Å²) < 4.78 is 9.32. The average Bonchev–Trinajstić information content (AvgIpc) is 2.95. The van der Waals surface area contributed by atoms with E-state index in [1.165, 1.54) is 0 Å². The van der Waals surface area contributed by atoms with Crippen molar-refractivity contribution in [2.24, 2.45) is 0 Å². The van der Waals surface area contributed by atoms with Gasteiger partial charge in [0, 0.05) is 19.7 Å². The third-order valence-electron chi connectivity index (χ3n) is 3.98. The molecule has 0 aromatic carbocycles. The third kappa shape index (κ3) is 10.7. The monoisotopic (exact) mass is 412 g/mol. The minimum Gasteiger partial charge on any atom is -0.396 e. The molecule has 1 aliphatic rings. The number of likely N-dealkylation sites (N-methyl/N-ethyl adjacent to an activating group) is 2. The van der Waals surface area contributed by atoms with E-state index in [2.05, 4.69) is 10.1 Å². The van der Waals surface area contributed by atoms with Crippen LogP contribution in [0, 0.1) is 0 Å². The molecule has 0 amide bonds. The third-order valence-corrected chi connectivity index (χ3v) is 3.98. The maximum Gasteiger partial charge on any atom is 0.408 e. The quantitative estimate of drug-likeness (QED) is 0.125. The molecule has 8 N–H and O–H groups in total. The van der Waals surface area contributed by atoms with Crippen LogP contribution in [0.2, 0.25) is 0 Å². The van der Waals surface area contributed by atoms with Crippen molar-refractivity contribution in [3.05, 3.63) is 12.2 Å². The van der Waals surface area contributed by atoms with Crippen molar-refractivity contribution in [2.45, 2.75) is 50.0 Å². The van der Waals surface area contributed by atoms with Crippen molar-refractivity contribution in [3.8, 4) is 0 Å². The summed E-state index contributed by atoms with van der Waals surface area (Å²) in [7, 11) is 3.56. The fourth-order valence-corrected chi connectivity index (χ4v) is 2.36. The van der Waals surface area contributed by atoms with E-state index in [4.69, 9.17) is 25.2 Å². The number of aliphatic hydroxyl groups excluding tert-OH is 5. The molecule has 1 aliphatic heterocycles. The molecule has 28 heavy (non-hydrogen) atoms. The molecule has 1 heterocycles. The van der Waals surface area contributed by atoms with Crippen LogP contribution in [-0.2, 0) is 9.47 Å². The molecule has 0 aliphatic carbocycles. The van der Waals surface area contributed by atoms with Crippen LogP contribution in [0.25, 0.3) is 0 Å². The van der Waals surface area contributed by atoms with Gasteiger partial charge in [-0.2, -0.15) is 0 Å². The van der Waals surface area contributed by atoms with E-state index in [0.29, 0.717) is 13.0 Å². The highest BCUT2D eigenvalue weighted by Crippen LogP contribution is 2.27. The highest BCUT2D eigenvalue weighted by Gasteiger charge is 2.49. The van der Waals surface area contributed by atoms with Gasteiger partial charge < -0.3 is 46.0 Å². The summed E-state index contributed by atoms with van der Waals surface area (Å²) in [6.45, 7) is 3.29. The Morgan fingerprint density at radius 3 is 2.32 bits per heavy atom. The van der Waals surface area contributed by atoms with Crippen molar-refractivity contribution < 1.29 is 45.2 Å². The van der Waals surface area contributed by atoms with Crippen LogP contribution in [-0.4, -0.2) is 124 Å². The maximum atomic E-state index is 9.58. The van der Waals surface area contributed by atoms with Gasteiger partial charge in [-0.05, 0) is 27.1 Å². The normalized spacial score (nSPS) is 24.8. The second-order valence-corrected chi connectivity index (χ2v) is 6.45. The molecule has 0 radical (unpaired) electrons. The van der Waals surface area contributed by atoms with Gasteiger partial charge in [-0.25, -0.2) is 0 Å². The molecule has 5 unspecified atom stereocenters. The smallest absolute Gasteiger partial charge is 0.396 e. The van der Waals surface area contributed by atoms with Gasteiger partial charge in [0.2, 0.25) is 0 Å². The standard InChI is InChI=1S/C9H19NO2.C8H17NO7/c1-3-10(2)8-9(12)6-4-5-7-11;1-9-2-5-7(6(12)4(11)3-10)16-8(13,14)15-5/h4,6,9,11-12H,3,5,7-8H2,1-2H3;4-7,9-14H,2-3H2,1H3/b6-4+;. The van der Waals surface area contributed by atoms with Crippen LogP contribution in [0.4, 0.5) is 0 Å². The number of nitrogens with one attached hydrogen (secondary N) is 1. The van der Waals surface area contributed by atoms with E-state index >= 15 is 0 Å². The van der Waals surface area contributed by atoms with Gasteiger partial charge in [0.25, 0.3) is 0 Å². The van der Waals surface area contributed by atoms with Gasteiger partial charge in [-0.15, -0.1) is 0 Å². The lowest BCUT2D eigenvalue weighted by Crippen LogP contribution is -2.47. The van der Waals surface area contributed by atoms with Crippen LogP contribution in [0.5, 0.6) is 0 Å². The lowest BCUT2D eigenvalue weighted by atomic mass is 10.0. The maximum absolute atomic E-state index is 9.58. The van der Waals surface area contributed by atoms with Crippen LogP contribution >= 0.6 is 0 Å². The van der Waals surface area contributed by atoms with E-state index in [1.807, 2.05) is 18.9 Å². The van der Waals surface area contributed by atoms with E-state index in [-0.39, 0.29) is 13.2 Å². The molecule has 5 atom stereocenters. The van der Waals surface area contributed by atoms with Crippen molar-refractivity contribution in [3.63, 3.8) is 0 Å². The fraction of sp³-hybridized carbons (Fsp3) is 0.882. The molecule has 1 fully saturated rings. The molecule has 0 aromatic rings. The van der Waals surface area contributed by atoms with Crippen LogP contribution in [0.3, 0.4) is 0 Å². The summed E-state index contributed by atoms with van der Waals surface area (Å²) in [5.74, 6) is 0. The molecule has 1 saturated heterocycles. The number of hydrogen-bond acceptors (Lipinski definition) is 11. The van der Waals surface area contributed by atoms with Crippen molar-refractivity contribution >= 4 is 0 Å².